The van der Waals surface area contributed by atoms with Crippen molar-refractivity contribution in [2.75, 3.05) is 11.9 Å². The molecule has 5 nitrogen and oxygen atoms in total. The number of nitrogens with one attached hydrogen (secondary N) is 1. The number of nitrogens with zero attached hydrogens (tertiary/aromatic N) is 2. The zero-order valence-electron chi connectivity index (χ0n) is 15.6. The third-order valence-corrected chi connectivity index (χ3v) is 4.56. The van der Waals surface area contributed by atoms with Gasteiger partial charge in [0, 0.05) is 11.3 Å². The van der Waals surface area contributed by atoms with E-state index in [1.165, 1.54) is 34.7 Å². The predicted molar refractivity (Wildman–Crippen MR) is 103 cm³/mol. The second kappa shape index (κ2) is 7.31. The van der Waals surface area contributed by atoms with Crippen LogP contribution in [0.1, 0.15) is 31.9 Å². The molecule has 0 bridgehead atoms. The molecule has 0 saturated heterocycles. The van der Waals surface area contributed by atoms with Crippen LogP contribution < -0.4 is 5.32 Å². The molecule has 0 radical (unpaired) electrons. The van der Waals surface area contributed by atoms with Gasteiger partial charge in [0.05, 0.1) is 0 Å². The fourth-order valence-corrected chi connectivity index (χ4v) is 2.99. The highest BCUT2D eigenvalue weighted by Gasteiger charge is 2.41. The molecule has 140 valence electrons. The summed E-state index contributed by atoms with van der Waals surface area (Å²) in [5, 5.41) is 2.81. The second-order valence-electron chi connectivity index (χ2n) is 6.95. The molecular formula is C21H22FN3O2. The van der Waals surface area contributed by atoms with Crippen LogP contribution in [0.25, 0.3) is 0 Å². The summed E-state index contributed by atoms with van der Waals surface area (Å²) in [6, 6.07) is 13.2. The number of halogens is 1. The quantitative estimate of drug-likeness (QED) is 0.880. The van der Waals surface area contributed by atoms with Crippen molar-refractivity contribution in [3.05, 3.63) is 65.5 Å². The first-order chi connectivity index (χ1) is 12.8. The summed E-state index contributed by atoms with van der Waals surface area (Å²) in [6.45, 7) is 5.48. The highest BCUT2D eigenvalue weighted by atomic mass is 19.1. The van der Waals surface area contributed by atoms with E-state index in [2.05, 4.69) is 17.2 Å². The molecule has 0 aliphatic carbocycles. The van der Waals surface area contributed by atoms with Crippen molar-refractivity contribution in [3.8, 4) is 0 Å². The first kappa shape index (κ1) is 18.8. The summed E-state index contributed by atoms with van der Waals surface area (Å²) >= 11 is 0. The lowest BCUT2D eigenvalue weighted by molar-refractivity contribution is -0.131. The Bertz CT molecular complexity index is 887. The third-order valence-electron chi connectivity index (χ3n) is 4.56. The van der Waals surface area contributed by atoms with Gasteiger partial charge in [-0.3, -0.25) is 14.6 Å². The summed E-state index contributed by atoms with van der Waals surface area (Å²) in [5.41, 5.74) is 1.78. The highest BCUT2D eigenvalue weighted by Crippen LogP contribution is 2.26. The Kier molecular flexibility index (Phi) is 5.08. The van der Waals surface area contributed by atoms with Gasteiger partial charge in [-0.15, -0.1) is 0 Å². The minimum Gasteiger partial charge on any atom is -0.325 e. The van der Waals surface area contributed by atoms with Gasteiger partial charge < -0.3 is 10.2 Å². The SMILES string of the molecule is CCc1ccc(NC(=O)CN2C(=O)C(c3ccc(F)cc3)=NC2(C)C)cc1. The lowest BCUT2D eigenvalue weighted by Crippen LogP contribution is -2.46. The summed E-state index contributed by atoms with van der Waals surface area (Å²) in [4.78, 5) is 31.1. The Balaban J connectivity index is 1.72. The summed E-state index contributed by atoms with van der Waals surface area (Å²) in [6.07, 6.45) is 0.925. The van der Waals surface area contributed by atoms with Crippen molar-refractivity contribution in [1.29, 1.82) is 0 Å². The first-order valence-electron chi connectivity index (χ1n) is 8.86. The third kappa shape index (κ3) is 4.05. The minimum absolute atomic E-state index is 0.116. The zero-order chi connectivity index (χ0) is 19.6. The van der Waals surface area contributed by atoms with Crippen molar-refractivity contribution in [2.24, 2.45) is 4.99 Å². The van der Waals surface area contributed by atoms with Crippen LogP contribution in [0.5, 0.6) is 0 Å². The van der Waals surface area contributed by atoms with Gasteiger partial charge in [-0.1, -0.05) is 19.1 Å². The maximum atomic E-state index is 13.1. The van der Waals surface area contributed by atoms with Crippen molar-refractivity contribution in [3.63, 3.8) is 0 Å². The number of carbonyl (C=O) groups is 2. The standard InChI is InChI=1S/C21H22FN3O2/c1-4-14-5-11-17(12-6-14)23-18(26)13-25-20(27)19(24-21(25,2)3)15-7-9-16(22)10-8-15/h5-12H,4,13H2,1-3H3,(H,23,26). The highest BCUT2D eigenvalue weighted by molar-refractivity contribution is 6.47. The van der Waals surface area contributed by atoms with Crippen molar-refractivity contribution in [1.82, 2.24) is 4.90 Å². The second-order valence-corrected chi connectivity index (χ2v) is 6.95. The number of amides is 2. The molecular weight excluding hydrogens is 345 g/mol. The molecule has 0 spiro atoms. The van der Waals surface area contributed by atoms with Gasteiger partial charge in [-0.2, -0.15) is 0 Å². The fourth-order valence-electron chi connectivity index (χ4n) is 2.99. The van der Waals surface area contributed by atoms with Crippen LogP contribution >= 0.6 is 0 Å². The lowest BCUT2D eigenvalue weighted by Gasteiger charge is -2.28. The molecule has 2 amide bonds. The minimum atomic E-state index is -0.857. The van der Waals surface area contributed by atoms with Crippen molar-refractivity contribution in [2.45, 2.75) is 32.9 Å². The van der Waals surface area contributed by atoms with E-state index in [0.717, 1.165) is 6.42 Å². The number of anilines is 1. The number of benzene rings is 2. The molecule has 0 fully saturated rings. The fraction of sp³-hybridized carbons (Fsp3) is 0.286. The van der Waals surface area contributed by atoms with E-state index in [1.54, 1.807) is 13.8 Å². The number of aryl methyl sites for hydroxylation is 1. The van der Waals surface area contributed by atoms with Crippen molar-refractivity contribution < 1.29 is 14.0 Å². The van der Waals surface area contributed by atoms with E-state index in [0.29, 0.717) is 11.3 Å². The van der Waals surface area contributed by atoms with E-state index < -0.39 is 5.66 Å². The Hall–Kier alpha value is -3.02. The summed E-state index contributed by atoms with van der Waals surface area (Å²) < 4.78 is 13.1. The molecule has 3 rings (SSSR count). The molecule has 2 aromatic carbocycles. The maximum absolute atomic E-state index is 13.1. The summed E-state index contributed by atoms with van der Waals surface area (Å²) in [5.74, 6) is -1.02. The number of hydrogen-bond donors (Lipinski definition) is 1. The molecule has 1 N–H and O–H groups in total. The zero-order valence-corrected chi connectivity index (χ0v) is 15.6. The topological polar surface area (TPSA) is 61.8 Å². The molecule has 0 atom stereocenters. The smallest absolute Gasteiger partial charge is 0.275 e. The average Bonchev–Trinajstić information content (AvgIpc) is 2.86. The van der Waals surface area contributed by atoms with Gasteiger partial charge in [0.2, 0.25) is 5.91 Å². The Morgan fingerprint density at radius 3 is 2.33 bits per heavy atom. The predicted octanol–water partition coefficient (Wildman–Crippen LogP) is 3.39. The molecule has 0 saturated carbocycles. The molecule has 6 heteroatoms. The van der Waals surface area contributed by atoms with E-state index >= 15 is 0 Å². The molecule has 0 aromatic heterocycles. The number of carbonyl (C=O) groups excluding carboxylic acids is 2. The van der Waals surface area contributed by atoms with Crippen molar-refractivity contribution >= 4 is 23.2 Å². The average molecular weight is 367 g/mol. The lowest BCUT2D eigenvalue weighted by atomic mass is 10.1. The first-order valence-corrected chi connectivity index (χ1v) is 8.86. The molecule has 27 heavy (non-hydrogen) atoms. The van der Waals surface area contributed by atoms with Crippen LogP contribution in [0.4, 0.5) is 10.1 Å². The van der Waals surface area contributed by atoms with Crippen LogP contribution in [0.15, 0.2) is 53.5 Å². The van der Waals surface area contributed by atoms with E-state index in [9.17, 15) is 14.0 Å². The largest absolute Gasteiger partial charge is 0.325 e. The van der Waals surface area contributed by atoms with E-state index in [4.69, 9.17) is 0 Å². The summed E-state index contributed by atoms with van der Waals surface area (Å²) in [7, 11) is 0. The van der Waals surface area contributed by atoms with Crippen LogP contribution in [-0.2, 0) is 16.0 Å². The molecule has 2 aromatic rings. The Morgan fingerprint density at radius 1 is 1.11 bits per heavy atom. The van der Waals surface area contributed by atoms with Crippen LogP contribution in [0.2, 0.25) is 0 Å². The Labute approximate surface area is 157 Å². The number of aliphatic imine (C=N–C) groups is 1. The van der Waals surface area contributed by atoms with Gasteiger partial charge in [0.25, 0.3) is 5.91 Å². The van der Waals surface area contributed by atoms with Gasteiger partial charge in [0.15, 0.2) is 0 Å². The van der Waals surface area contributed by atoms with E-state index in [-0.39, 0.29) is 29.9 Å². The van der Waals surface area contributed by atoms with Crippen LogP contribution in [0.3, 0.4) is 0 Å². The van der Waals surface area contributed by atoms with Crippen LogP contribution in [-0.4, -0.2) is 34.6 Å². The van der Waals surface area contributed by atoms with Gasteiger partial charge in [-0.25, -0.2) is 4.39 Å². The number of hydrogen-bond acceptors (Lipinski definition) is 3. The molecule has 1 heterocycles. The van der Waals surface area contributed by atoms with Crippen LogP contribution in [0, 0.1) is 5.82 Å². The molecule has 1 aliphatic heterocycles. The monoisotopic (exact) mass is 367 g/mol. The normalized spacial score (nSPS) is 15.6. The molecule has 1 aliphatic rings. The van der Waals surface area contributed by atoms with Gasteiger partial charge in [0.1, 0.15) is 23.7 Å². The van der Waals surface area contributed by atoms with E-state index in [1.807, 2.05) is 24.3 Å². The Morgan fingerprint density at radius 2 is 1.74 bits per heavy atom. The maximum Gasteiger partial charge on any atom is 0.275 e. The van der Waals surface area contributed by atoms with Gasteiger partial charge in [-0.05, 0) is 62.2 Å². The van der Waals surface area contributed by atoms with Gasteiger partial charge >= 0.3 is 0 Å². The molecule has 0 unspecified atom stereocenters. The number of rotatable bonds is 5.